The van der Waals surface area contributed by atoms with E-state index in [0.29, 0.717) is 25.2 Å². The van der Waals surface area contributed by atoms with E-state index in [-0.39, 0.29) is 30.1 Å². The summed E-state index contributed by atoms with van der Waals surface area (Å²) < 4.78 is 0. The number of amides is 2. The number of hydrogen-bond acceptors (Lipinski definition) is 4. The molecular formula is C26H29N5O2. The summed E-state index contributed by atoms with van der Waals surface area (Å²) in [6.45, 7) is 5.46. The second-order valence-electron chi connectivity index (χ2n) is 9.21. The second-order valence-corrected chi connectivity index (χ2v) is 9.21. The van der Waals surface area contributed by atoms with Crippen molar-refractivity contribution in [3.05, 3.63) is 59.7 Å². The minimum atomic E-state index is -0.689. The van der Waals surface area contributed by atoms with Gasteiger partial charge in [-0.3, -0.25) is 19.9 Å². The predicted molar refractivity (Wildman–Crippen MR) is 126 cm³/mol. The fraction of sp³-hybridized carbons (Fsp3) is 0.385. The summed E-state index contributed by atoms with van der Waals surface area (Å²) in [5.74, 6) is 0.438. The Hall–Kier alpha value is -3.66. The molecule has 0 radical (unpaired) electrons. The Labute approximate surface area is 194 Å². The zero-order valence-electron chi connectivity index (χ0n) is 19.1. The molecule has 170 valence electrons. The smallest absolute Gasteiger partial charge is 0.231 e. The van der Waals surface area contributed by atoms with E-state index in [1.165, 1.54) is 0 Å². The quantitative estimate of drug-likeness (QED) is 0.756. The van der Waals surface area contributed by atoms with E-state index in [0.717, 1.165) is 29.5 Å². The fourth-order valence-electron chi connectivity index (χ4n) is 4.76. The number of carbonyl (C=O) groups is 2. The van der Waals surface area contributed by atoms with Gasteiger partial charge >= 0.3 is 0 Å². The number of hydrogen-bond donors (Lipinski definition) is 2. The highest BCUT2D eigenvalue weighted by Gasteiger charge is 2.40. The van der Waals surface area contributed by atoms with Crippen LogP contribution in [-0.2, 0) is 15.1 Å². The zero-order chi connectivity index (χ0) is 23.6. The van der Waals surface area contributed by atoms with Crippen molar-refractivity contribution < 1.29 is 9.59 Å². The van der Waals surface area contributed by atoms with E-state index < -0.39 is 5.54 Å². The Morgan fingerprint density at radius 2 is 1.85 bits per heavy atom. The second kappa shape index (κ2) is 9.07. The van der Waals surface area contributed by atoms with Gasteiger partial charge < -0.3 is 10.2 Å². The van der Waals surface area contributed by atoms with Crippen LogP contribution in [0.1, 0.15) is 44.2 Å². The summed E-state index contributed by atoms with van der Waals surface area (Å²) >= 11 is 0. The molecule has 2 aliphatic heterocycles. The van der Waals surface area contributed by atoms with Crippen molar-refractivity contribution in [2.45, 2.75) is 38.6 Å². The van der Waals surface area contributed by atoms with Crippen LogP contribution in [0, 0.1) is 22.7 Å². The fourth-order valence-corrected chi connectivity index (χ4v) is 4.76. The van der Waals surface area contributed by atoms with Crippen molar-refractivity contribution in [2.24, 2.45) is 5.92 Å². The first-order valence-electron chi connectivity index (χ1n) is 11.3. The SMILES string of the molecule is CC(=O)N1CCC(CN2C(=N)N[C@](C)(c3cccc(-c4cccc(C#N)c4)c3)CC2=O)CC1. The Balaban J connectivity index is 1.48. The summed E-state index contributed by atoms with van der Waals surface area (Å²) in [4.78, 5) is 28.1. The molecule has 2 fully saturated rings. The van der Waals surface area contributed by atoms with E-state index >= 15 is 0 Å². The number of benzene rings is 2. The molecule has 0 unspecified atom stereocenters. The highest BCUT2D eigenvalue weighted by molar-refractivity contribution is 5.99. The van der Waals surface area contributed by atoms with Gasteiger partial charge in [0.1, 0.15) is 0 Å². The summed E-state index contributed by atoms with van der Waals surface area (Å²) in [6.07, 6.45) is 1.94. The third-order valence-electron chi connectivity index (χ3n) is 6.80. The maximum atomic E-state index is 13.1. The summed E-state index contributed by atoms with van der Waals surface area (Å²) in [7, 11) is 0. The lowest BCUT2D eigenvalue weighted by Gasteiger charge is -2.43. The number of nitrogens with one attached hydrogen (secondary N) is 2. The molecule has 2 aromatic carbocycles. The molecule has 2 aromatic rings. The lowest BCUT2D eigenvalue weighted by atomic mass is 9.84. The molecule has 7 heteroatoms. The molecule has 1 atom stereocenters. The van der Waals surface area contributed by atoms with Gasteiger partial charge in [-0.1, -0.05) is 30.3 Å². The van der Waals surface area contributed by atoms with Gasteiger partial charge in [-0.15, -0.1) is 0 Å². The first-order chi connectivity index (χ1) is 15.8. The van der Waals surface area contributed by atoms with Gasteiger partial charge in [0.05, 0.1) is 23.6 Å². The van der Waals surface area contributed by atoms with Crippen LogP contribution in [0.4, 0.5) is 0 Å². The van der Waals surface area contributed by atoms with Crippen LogP contribution in [0.25, 0.3) is 11.1 Å². The van der Waals surface area contributed by atoms with Gasteiger partial charge in [-0.2, -0.15) is 5.26 Å². The first-order valence-corrected chi connectivity index (χ1v) is 11.3. The van der Waals surface area contributed by atoms with Crippen molar-refractivity contribution in [3.63, 3.8) is 0 Å². The van der Waals surface area contributed by atoms with Crippen molar-refractivity contribution in [3.8, 4) is 17.2 Å². The Bertz CT molecular complexity index is 1110. The molecule has 2 aliphatic rings. The lowest BCUT2D eigenvalue weighted by molar-refractivity contribution is -0.133. The van der Waals surface area contributed by atoms with Gasteiger partial charge in [-0.25, -0.2) is 0 Å². The van der Waals surface area contributed by atoms with Gasteiger partial charge in [-0.05, 0) is 60.6 Å². The standard InChI is InChI=1S/C26H29N5O2/c1-18(32)30-11-9-19(10-12-30)17-31-24(33)15-26(2,29-25(31)28)23-8-4-7-22(14-23)21-6-3-5-20(13-21)16-27/h3-8,13-14,19H,9-12,15,17H2,1-2H3,(H2,28,29)/t26-/m0/s1. The number of piperidine rings is 1. The molecule has 0 saturated carbocycles. The third-order valence-corrected chi connectivity index (χ3v) is 6.80. The first kappa shape index (κ1) is 22.5. The molecule has 0 bridgehead atoms. The molecule has 0 aromatic heterocycles. The number of guanidine groups is 1. The van der Waals surface area contributed by atoms with E-state index in [1.54, 1.807) is 17.9 Å². The van der Waals surface area contributed by atoms with Gasteiger partial charge in [0, 0.05) is 26.6 Å². The van der Waals surface area contributed by atoms with Crippen LogP contribution < -0.4 is 5.32 Å². The van der Waals surface area contributed by atoms with Crippen molar-refractivity contribution in [1.29, 1.82) is 10.7 Å². The molecule has 7 nitrogen and oxygen atoms in total. The molecular weight excluding hydrogens is 414 g/mol. The summed E-state index contributed by atoms with van der Waals surface area (Å²) in [5, 5.41) is 21.1. The summed E-state index contributed by atoms with van der Waals surface area (Å²) in [5.41, 5.74) is 2.74. The van der Waals surface area contributed by atoms with Gasteiger partial charge in [0.2, 0.25) is 11.8 Å². The third kappa shape index (κ3) is 4.75. The van der Waals surface area contributed by atoms with Crippen LogP contribution in [0.2, 0.25) is 0 Å². The highest BCUT2D eigenvalue weighted by Crippen LogP contribution is 2.33. The molecule has 2 saturated heterocycles. The van der Waals surface area contributed by atoms with Gasteiger partial charge in [0.25, 0.3) is 0 Å². The van der Waals surface area contributed by atoms with E-state index in [2.05, 4.69) is 11.4 Å². The molecule has 33 heavy (non-hydrogen) atoms. The van der Waals surface area contributed by atoms with Crippen molar-refractivity contribution in [2.75, 3.05) is 19.6 Å². The van der Waals surface area contributed by atoms with E-state index in [4.69, 9.17) is 5.41 Å². The summed E-state index contributed by atoms with van der Waals surface area (Å²) in [6, 6.07) is 17.5. The number of likely N-dealkylation sites (tertiary alicyclic amines) is 1. The van der Waals surface area contributed by atoms with E-state index in [9.17, 15) is 14.9 Å². The lowest BCUT2D eigenvalue weighted by Crippen LogP contribution is -2.60. The zero-order valence-corrected chi connectivity index (χ0v) is 19.1. The highest BCUT2D eigenvalue weighted by atomic mass is 16.2. The largest absolute Gasteiger partial charge is 0.346 e. The molecule has 0 spiro atoms. The Kier molecular flexibility index (Phi) is 6.19. The Morgan fingerprint density at radius 3 is 2.48 bits per heavy atom. The number of nitriles is 1. The number of rotatable bonds is 4. The number of carbonyl (C=O) groups excluding carboxylic acids is 2. The van der Waals surface area contributed by atoms with Crippen LogP contribution >= 0.6 is 0 Å². The Morgan fingerprint density at radius 1 is 1.18 bits per heavy atom. The molecule has 2 N–H and O–H groups in total. The maximum Gasteiger partial charge on any atom is 0.231 e. The average molecular weight is 444 g/mol. The van der Waals surface area contributed by atoms with Crippen molar-refractivity contribution in [1.82, 2.24) is 15.1 Å². The molecule has 2 heterocycles. The normalized spacial score (nSPS) is 21.5. The minimum absolute atomic E-state index is 0.0628. The van der Waals surface area contributed by atoms with Crippen LogP contribution in [0.3, 0.4) is 0 Å². The van der Waals surface area contributed by atoms with Crippen molar-refractivity contribution >= 4 is 17.8 Å². The minimum Gasteiger partial charge on any atom is -0.346 e. The molecule has 4 rings (SSSR count). The van der Waals surface area contributed by atoms with Crippen LogP contribution in [0.15, 0.2) is 48.5 Å². The number of nitrogens with zero attached hydrogens (tertiary/aromatic N) is 3. The average Bonchev–Trinajstić information content (AvgIpc) is 2.82. The van der Waals surface area contributed by atoms with Crippen LogP contribution in [0.5, 0.6) is 0 Å². The topological polar surface area (TPSA) is 100 Å². The molecule has 0 aliphatic carbocycles. The van der Waals surface area contributed by atoms with E-state index in [1.807, 2.05) is 54.3 Å². The predicted octanol–water partition coefficient (Wildman–Crippen LogP) is 3.46. The van der Waals surface area contributed by atoms with Crippen LogP contribution in [-0.4, -0.2) is 47.2 Å². The molecule has 2 amide bonds. The maximum absolute atomic E-state index is 13.1. The van der Waals surface area contributed by atoms with Gasteiger partial charge in [0.15, 0.2) is 5.96 Å². The monoisotopic (exact) mass is 443 g/mol.